The minimum Gasteiger partial charge on any atom is -0.0656 e. The van der Waals surface area contributed by atoms with Crippen molar-refractivity contribution in [2.75, 3.05) is 0 Å². The molecule has 0 bridgehead atoms. The standard InChI is InChI=1S/C35H34Si2/c1-26-22-33-32-25-31(21-20-27(32)24-34(33)35(23-26)36(2,3)4)37(28-14-8-5-9-15-28,29-16-10-6-11-17-29)30-18-12-7-13-19-30/h5-23,25H,24H2,1-4H3. The molecule has 1 aliphatic carbocycles. The Bertz CT molecular complexity index is 1470. The van der Waals surface area contributed by atoms with E-state index < -0.39 is 16.1 Å². The molecule has 1 aliphatic rings. The molecule has 0 N–H and O–H groups in total. The highest BCUT2D eigenvalue weighted by atomic mass is 28.3. The first kappa shape index (κ1) is 23.9. The predicted octanol–water partition coefficient (Wildman–Crippen LogP) is 5.49. The zero-order valence-electron chi connectivity index (χ0n) is 22.3. The van der Waals surface area contributed by atoms with Crippen molar-refractivity contribution in [1.82, 2.24) is 0 Å². The Labute approximate surface area is 223 Å². The molecule has 2 heteroatoms. The molecule has 0 heterocycles. The zero-order valence-corrected chi connectivity index (χ0v) is 24.3. The first-order chi connectivity index (χ1) is 17.9. The van der Waals surface area contributed by atoms with Crippen LogP contribution in [0.2, 0.25) is 19.6 Å². The molecule has 0 aromatic heterocycles. The van der Waals surface area contributed by atoms with Crippen molar-refractivity contribution in [2.45, 2.75) is 33.0 Å². The summed E-state index contributed by atoms with van der Waals surface area (Å²) in [6.07, 6.45) is 1.06. The SMILES string of the molecule is Cc1cc2c(c([Si](C)(C)C)c1)Cc1ccc([Si](c3ccccc3)(c3ccccc3)c3ccccc3)cc1-2. The molecule has 5 aromatic rings. The van der Waals surface area contributed by atoms with Crippen LogP contribution in [0.1, 0.15) is 16.7 Å². The molecule has 0 amide bonds. The molecule has 0 saturated heterocycles. The quantitative estimate of drug-likeness (QED) is 0.213. The lowest BCUT2D eigenvalue weighted by Crippen LogP contribution is -2.74. The van der Waals surface area contributed by atoms with Gasteiger partial charge >= 0.3 is 0 Å². The van der Waals surface area contributed by atoms with Crippen LogP contribution < -0.4 is 25.9 Å². The topological polar surface area (TPSA) is 0 Å². The van der Waals surface area contributed by atoms with Crippen LogP contribution in [0.15, 0.2) is 121 Å². The predicted molar refractivity (Wildman–Crippen MR) is 166 cm³/mol. The fraction of sp³-hybridized carbons (Fsp3) is 0.143. The summed E-state index contributed by atoms with van der Waals surface area (Å²) in [7, 11) is -3.98. The van der Waals surface area contributed by atoms with Gasteiger partial charge in [0.05, 0.1) is 8.07 Å². The number of hydrogen-bond donors (Lipinski definition) is 0. The van der Waals surface area contributed by atoms with Crippen molar-refractivity contribution in [2.24, 2.45) is 0 Å². The summed E-state index contributed by atoms with van der Waals surface area (Å²) >= 11 is 0. The van der Waals surface area contributed by atoms with Crippen LogP contribution in [-0.4, -0.2) is 16.1 Å². The third-order valence-electron chi connectivity index (χ3n) is 8.02. The van der Waals surface area contributed by atoms with Crippen LogP contribution in [0.25, 0.3) is 11.1 Å². The van der Waals surface area contributed by atoms with Gasteiger partial charge in [-0.05, 0) is 56.3 Å². The molecule has 0 aliphatic heterocycles. The van der Waals surface area contributed by atoms with E-state index in [2.05, 4.69) is 148 Å². The van der Waals surface area contributed by atoms with Crippen LogP contribution >= 0.6 is 0 Å². The summed E-state index contributed by atoms with van der Waals surface area (Å²) in [5.74, 6) is 0. The molecule has 0 fully saturated rings. The summed E-state index contributed by atoms with van der Waals surface area (Å²) < 4.78 is 0. The number of fused-ring (bicyclic) bond motifs is 3. The van der Waals surface area contributed by atoms with Crippen molar-refractivity contribution in [3.05, 3.63) is 138 Å². The van der Waals surface area contributed by atoms with Gasteiger partial charge in [-0.2, -0.15) is 0 Å². The van der Waals surface area contributed by atoms with Gasteiger partial charge < -0.3 is 0 Å². The Morgan fingerprint density at radius 1 is 0.514 bits per heavy atom. The number of benzene rings is 5. The van der Waals surface area contributed by atoms with Gasteiger partial charge in [0.25, 0.3) is 0 Å². The van der Waals surface area contributed by atoms with Gasteiger partial charge in [0.15, 0.2) is 8.07 Å². The third-order valence-corrected chi connectivity index (χ3v) is 14.9. The molecule has 0 unspecified atom stereocenters. The molecular weight excluding hydrogens is 477 g/mol. The second-order valence-electron chi connectivity index (χ2n) is 11.5. The average Bonchev–Trinajstić information content (AvgIpc) is 3.28. The molecule has 0 saturated carbocycles. The summed E-state index contributed by atoms with van der Waals surface area (Å²) in [6, 6.07) is 46.1. The lowest BCUT2D eigenvalue weighted by atomic mass is 10.0. The van der Waals surface area contributed by atoms with Crippen molar-refractivity contribution in [1.29, 1.82) is 0 Å². The fourth-order valence-electron chi connectivity index (χ4n) is 6.39. The molecule has 0 atom stereocenters. The Kier molecular flexibility index (Phi) is 5.90. The molecule has 6 rings (SSSR count). The molecule has 37 heavy (non-hydrogen) atoms. The summed E-state index contributed by atoms with van der Waals surface area (Å²) in [4.78, 5) is 0. The normalized spacial score (nSPS) is 12.8. The maximum absolute atomic E-state index is 2.56. The van der Waals surface area contributed by atoms with Crippen molar-refractivity contribution >= 4 is 42.1 Å². The summed E-state index contributed by atoms with van der Waals surface area (Å²) in [5.41, 5.74) is 7.33. The molecular formula is C35H34Si2. The first-order valence-corrected chi connectivity index (χ1v) is 18.8. The second-order valence-corrected chi connectivity index (χ2v) is 20.3. The number of aryl methyl sites for hydroxylation is 1. The summed E-state index contributed by atoms with van der Waals surface area (Å²) in [6.45, 7) is 9.71. The lowest BCUT2D eigenvalue weighted by molar-refractivity contribution is 1.27. The fourth-order valence-corrected chi connectivity index (χ4v) is 12.9. The van der Waals surface area contributed by atoms with Gasteiger partial charge in [0.2, 0.25) is 0 Å². The second kappa shape index (κ2) is 9.13. The highest BCUT2D eigenvalue weighted by molar-refractivity contribution is 7.19. The largest absolute Gasteiger partial charge is 0.179 e. The van der Waals surface area contributed by atoms with E-state index in [-0.39, 0.29) is 0 Å². The molecule has 182 valence electrons. The third kappa shape index (κ3) is 3.96. The smallest absolute Gasteiger partial charge is 0.0656 e. The van der Waals surface area contributed by atoms with E-state index >= 15 is 0 Å². The van der Waals surface area contributed by atoms with E-state index in [9.17, 15) is 0 Å². The van der Waals surface area contributed by atoms with Gasteiger partial charge in [0, 0.05) is 0 Å². The van der Waals surface area contributed by atoms with E-state index in [1.54, 1.807) is 10.8 Å². The maximum atomic E-state index is 2.56. The minimum atomic E-state index is -2.52. The first-order valence-electron chi connectivity index (χ1n) is 13.3. The van der Waals surface area contributed by atoms with Crippen molar-refractivity contribution < 1.29 is 0 Å². The number of rotatable bonds is 5. The highest BCUT2D eigenvalue weighted by Gasteiger charge is 2.42. The van der Waals surface area contributed by atoms with Crippen LogP contribution in [0.5, 0.6) is 0 Å². The van der Waals surface area contributed by atoms with E-state index in [1.807, 2.05) is 0 Å². The molecule has 5 aromatic carbocycles. The average molecular weight is 511 g/mol. The minimum absolute atomic E-state index is 1.06. The van der Waals surface area contributed by atoms with E-state index in [4.69, 9.17) is 0 Å². The zero-order chi connectivity index (χ0) is 25.6. The van der Waals surface area contributed by atoms with Gasteiger partial charge in [-0.3, -0.25) is 0 Å². The van der Waals surface area contributed by atoms with Gasteiger partial charge in [-0.25, -0.2) is 0 Å². The monoisotopic (exact) mass is 510 g/mol. The van der Waals surface area contributed by atoms with Crippen molar-refractivity contribution in [3.63, 3.8) is 0 Å². The molecule has 0 spiro atoms. The highest BCUT2D eigenvalue weighted by Crippen LogP contribution is 2.37. The van der Waals surface area contributed by atoms with E-state index in [0.29, 0.717) is 0 Å². The Morgan fingerprint density at radius 3 is 1.51 bits per heavy atom. The van der Waals surface area contributed by atoms with Crippen LogP contribution in [0, 0.1) is 6.92 Å². The Balaban J connectivity index is 1.67. The molecule has 0 radical (unpaired) electrons. The van der Waals surface area contributed by atoms with Crippen molar-refractivity contribution in [3.8, 4) is 11.1 Å². The van der Waals surface area contributed by atoms with Gasteiger partial charge in [0.1, 0.15) is 0 Å². The van der Waals surface area contributed by atoms with E-state index in [1.165, 1.54) is 43.0 Å². The van der Waals surface area contributed by atoms with Crippen LogP contribution in [0.4, 0.5) is 0 Å². The maximum Gasteiger partial charge on any atom is 0.179 e. The van der Waals surface area contributed by atoms with Gasteiger partial charge in [-0.1, -0.05) is 152 Å². The van der Waals surface area contributed by atoms with Crippen LogP contribution in [-0.2, 0) is 6.42 Å². The van der Waals surface area contributed by atoms with Crippen LogP contribution in [0.3, 0.4) is 0 Å². The van der Waals surface area contributed by atoms with E-state index in [0.717, 1.165) is 6.42 Å². The lowest BCUT2D eigenvalue weighted by Gasteiger charge is -2.34. The Morgan fingerprint density at radius 2 is 1.03 bits per heavy atom. The molecule has 0 nitrogen and oxygen atoms in total. The Hall–Kier alpha value is -3.47. The number of hydrogen-bond acceptors (Lipinski definition) is 0. The summed E-state index contributed by atoms with van der Waals surface area (Å²) in [5, 5.41) is 7.37. The van der Waals surface area contributed by atoms with Gasteiger partial charge in [-0.15, -0.1) is 0 Å².